The molecular weight excluding hydrogens is 270 g/mol. The summed E-state index contributed by atoms with van der Waals surface area (Å²) in [5.41, 5.74) is 6.58. The van der Waals surface area contributed by atoms with E-state index in [2.05, 4.69) is 5.32 Å². The Hall–Kier alpha value is -2.24. The van der Waals surface area contributed by atoms with E-state index >= 15 is 0 Å². The van der Waals surface area contributed by atoms with Crippen LogP contribution < -0.4 is 15.8 Å². The fourth-order valence-corrected chi connectivity index (χ4v) is 1.99. The molecule has 0 aliphatic rings. The van der Waals surface area contributed by atoms with Crippen molar-refractivity contribution in [1.82, 2.24) is 10.2 Å². The molecule has 1 rings (SSSR count). The number of nitrogens with two attached hydrogens (primary N) is 1. The van der Waals surface area contributed by atoms with Crippen molar-refractivity contribution in [3.05, 3.63) is 23.8 Å². The van der Waals surface area contributed by atoms with Gasteiger partial charge in [-0.3, -0.25) is 9.59 Å². The molecule has 0 saturated carbocycles. The SMILES string of the molecule is CCN(CC)C(=O)CCNC(=O)c1cc(N)cc(OC)c1. The van der Waals surface area contributed by atoms with Gasteiger partial charge in [0.25, 0.3) is 5.91 Å². The molecule has 0 bridgehead atoms. The van der Waals surface area contributed by atoms with E-state index < -0.39 is 0 Å². The molecule has 0 fully saturated rings. The van der Waals surface area contributed by atoms with Gasteiger partial charge in [-0.1, -0.05) is 0 Å². The molecule has 0 aromatic heterocycles. The quantitative estimate of drug-likeness (QED) is 0.741. The average Bonchev–Trinajstić information content (AvgIpc) is 2.47. The summed E-state index contributed by atoms with van der Waals surface area (Å²) in [6.07, 6.45) is 0.285. The number of nitrogens with one attached hydrogen (secondary N) is 1. The van der Waals surface area contributed by atoms with Crippen molar-refractivity contribution in [2.75, 3.05) is 32.5 Å². The summed E-state index contributed by atoms with van der Waals surface area (Å²) in [6, 6.07) is 4.82. The molecule has 2 amide bonds. The highest BCUT2D eigenvalue weighted by molar-refractivity contribution is 5.95. The zero-order chi connectivity index (χ0) is 15.8. The average molecular weight is 293 g/mol. The molecule has 0 spiro atoms. The summed E-state index contributed by atoms with van der Waals surface area (Å²) in [4.78, 5) is 25.6. The Morgan fingerprint density at radius 3 is 2.48 bits per heavy atom. The second kappa shape index (κ2) is 8.14. The molecule has 0 aliphatic carbocycles. The summed E-state index contributed by atoms with van der Waals surface area (Å²) < 4.78 is 5.07. The van der Waals surface area contributed by atoms with Crippen LogP contribution in [0.5, 0.6) is 5.75 Å². The van der Waals surface area contributed by atoms with Crippen LogP contribution in [0.25, 0.3) is 0 Å². The van der Waals surface area contributed by atoms with Crippen LogP contribution in [0.4, 0.5) is 5.69 Å². The summed E-state index contributed by atoms with van der Waals surface area (Å²) in [5.74, 6) is 0.290. The maximum absolute atomic E-state index is 12.0. The minimum absolute atomic E-state index is 0.0328. The van der Waals surface area contributed by atoms with E-state index in [0.29, 0.717) is 36.6 Å². The van der Waals surface area contributed by atoms with E-state index in [-0.39, 0.29) is 18.2 Å². The second-order valence-electron chi connectivity index (χ2n) is 4.57. The predicted molar refractivity (Wildman–Crippen MR) is 82.3 cm³/mol. The van der Waals surface area contributed by atoms with Crippen molar-refractivity contribution in [3.63, 3.8) is 0 Å². The van der Waals surface area contributed by atoms with Crippen LogP contribution in [0.15, 0.2) is 18.2 Å². The van der Waals surface area contributed by atoms with Crippen LogP contribution in [0.1, 0.15) is 30.6 Å². The minimum atomic E-state index is -0.270. The van der Waals surface area contributed by atoms with Gasteiger partial charge in [-0.25, -0.2) is 0 Å². The number of amides is 2. The lowest BCUT2D eigenvalue weighted by Gasteiger charge is -2.18. The highest BCUT2D eigenvalue weighted by Gasteiger charge is 2.11. The molecule has 0 atom stereocenters. The van der Waals surface area contributed by atoms with E-state index in [4.69, 9.17) is 10.5 Å². The zero-order valence-corrected chi connectivity index (χ0v) is 12.8. The molecule has 1 aromatic rings. The molecule has 0 aliphatic heterocycles. The van der Waals surface area contributed by atoms with Crippen LogP contribution in [-0.4, -0.2) is 43.5 Å². The van der Waals surface area contributed by atoms with Crippen molar-refractivity contribution in [3.8, 4) is 5.75 Å². The molecule has 1 aromatic carbocycles. The number of nitrogens with zero attached hydrogens (tertiary/aromatic N) is 1. The first-order valence-corrected chi connectivity index (χ1v) is 7.02. The highest BCUT2D eigenvalue weighted by Crippen LogP contribution is 2.18. The maximum atomic E-state index is 12.0. The van der Waals surface area contributed by atoms with Gasteiger partial charge in [0.15, 0.2) is 0 Å². The van der Waals surface area contributed by atoms with Crippen LogP contribution in [0, 0.1) is 0 Å². The highest BCUT2D eigenvalue weighted by atomic mass is 16.5. The first-order valence-electron chi connectivity index (χ1n) is 7.02. The molecule has 6 heteroatoms. The number of rotatable bonds is 7. The molecule has 0 radical (unpaired) electrons. The molecular formula is C15H23N3O3. The summed E-state index contributed by atoms with van der Waals surface area (Å²) in [6.45, 7) is 5.51. The Labute approximate surface area is 125 Å². The standard InChI is InChI=1S/C15H23N3O3/c1-4-18(5-2)14(19)6-7-17-15(20)11-8-12(16)10-13(9-11)21-3/h8-10H,4-7,16H2,1-3H3,(H,17,20). The van der Waals surface area contributed by atoms with E-state index in [9.17, 15) is 9.59 Å². The maximum Gasteiger partial charge on any atom is 0.251 e. The minimum Gasteiger partial charge on any atom is -0.497 e. The van der Waals surface area contributed by atoms with Gasteiger partial charge in [0.2, 0.25) is 5.91 Å². The first kappa shape index (κ1) is 16.8. The van der Waals surface area contributed by atoms with E-state index in [1.165, 1.54) is 7.11 Å². The number of hydrogen-bond donors (Lipinski definition) is 2. The van der Waals surface area contributed by atoms with Gasteiger partial charge >= 0.3 is 0 Å². The van der Waals surface area contributed by atoms with E-state index in [1.54, 1.807) is 23.1 Å². The largest absolute Gasteiger partial charge is 0.497 e. The normalized spacial score (nSPS) is 10.0. The third-order valence-corrected chi connectivity index (χ3v) is 3.17. The second-order valence-corrected chi connectivity index (χ2v) is 4.57. The smallest absolute Gasteiger partial charge is 0.251 e. The van der Waals surface area contributed by atoms with Gasteiger partial charge in [-0.2, -0.15) is 0 Å². The van der Waals surface area contributed by atoms with Crippen LogP contribution in [0.3, 0.4) is 0 Å². The molecule has 116 valence electrons. The van der Waals surface area contributed by atoms with Crippen molar-refractivity contribution in [2.45, 2.75) is 20.3 Å². The van der Waals surface area contributed by atoms with Crippen molar-refractivity contribution < 1.29 is 14.3 Å². The topological polar surface area (TPSA) is 84.7 Å². The molecule has 0 heterocycles. The number of ether oxygens (including phenoxy) is 1. The fourth-order valence-electron chi connectivity index (χ4n) is 1.99. The van der Waals surface area contributed by atoms with E-state index in [1.807, 2.05) is 13.8 Å². The zero-order valence-electron chi connectivity index (χ0n) is 12.8. The summed E-state index contributed by atoms with van der Waals surface area (Å²) in [7, 11) is 1.51. The Morgan fingerprint density at radius 2 is 1.90 bits per heavy atom. The van der Waals surface area contributed by atoms with Gasteiger partial charge < -0.3 is 20.7 Å². The van der Waals surface area contributed by atoms with Crippen molar-refractivity contribution in [1.29, 1.82) is 0 Å². The lowest BCUT2D eigenvalue weighted by molar-refractivity contribution is -0.130. The lowest BCUT2D eigenvalue weighted by atomic mass is 10.1. The number of carbonyl (C=O) groups excluding carboxylic acids is 2. The Kier molecular flexibility index (Phi) is 6.52. The third-order valence-electron chi connectivity index (χ3n) is 3.17. The van der Waals surface area contributed by atoms with Crippen LogP contribution in [-0.2, 0) is 4.79 Å². The first-order chi connectivity index (χ1) is 10.0. The van der Waals surface area contributed by atoms with Crippen LogP contribution >= 0.6 is 0 Å². The number of nitrogen functional groups attached to an aromatic ring is 1. The molecule has 0 saturated heterocycles. The van der Waals surface area contributed by atoms with Gasteiger partial charge in [0.05, 0.1) is 7.11 Å². The molecule has 3 N–H and O–H groups in total. The van der Waals surface area contributed by atoms with E-state index in [0.717, 1.165) is 0 Å². The summed E-state index contributed by atoms with van der Waals surface area (Å²) in [5, 5.41) is 2.71. The van der Waals surface area contributed by atoms with Gasteiger partial charge in [-0.15, -0.1) is 0 Å². The van der Waals surface area contributed by atoms with Gasteiger partial charge in [-0.05, 0) is 26.0 Å². The Morgan fingerprint density at radius 1 is 1.24 bits per heavy atom. The lowest BCUT2D eigenvalue weighted by Crippen LogP contribution is -2.34. The summed E-state index contributed by atoms with van der Waals surface area (Å²) >= 11 is 0. The number of anilines is 1. The fraction of sp³-hybridized carbons (Fsp3) is 0.467. The number of carbonyl (C=O) groups is 2. The van der Waals surface area contributed by atoms with Crippen molar-refractivity contribution >= 4 is 17.5 Å². The van der Waals surface area contributed by atoms with Gasteiger partial charge in [0.1, 0.15) is 5.75 Å². The van der Waals surface area contributed by atoms with Crippen LogP contribution in [0.2, 0.25) is 0 Å². The Balaban J connectivity index is 2.54. The third kappa shape index (κ3) is 4.98. The number of hydrogen-bond acceptors (Lipinski definition) is 4. The molecule has 6 nitrogen and oxygen atoms in total. The number of methoxy groups -OCH3 is 1. The number of benzene rings is 1. The predicted octanol–water partition coefficient (Wildman–Crippen LogP) is 1.27. The molecule has 0 unspecified atom stereocenters. The molecule has 21 heavy (non-hydrogen) atoms. The monoisotopic (exact) mass is 293 g/mol. The van der Waals surface area contributed by atoms with Crippen molar-refractivity contribution in [2.24, 2.45) is 0 Å². The van der Waals surface area contributed by atoms with Gasteiger partial charge in [0, 0.05) is 43.4 Å². The Bertz CT molecular complexity index is 499.